The van der Waals surface area contributed by atoms with Crippen molar-refractivity contribution in [1.29, 1.82) is 0 Å². The van der Waals surface area contributed by atoms with Gasteiger partial charge in [0.2, 0.25) is 0 Å². The fourth-order valence-electron chi connectivity index (χ4n) is 3.56. The van der Waals surface area contributed by atoms with Crippen molar-refractivity contribution in [1.82, 2.24) is 15.0 Å². The molecule has 4 rings (SSSR count). The van der Waals surface area contributed by atoms with Crippen LogP contribution in [0.2, 0.25) is 0 Å². The highest BCUT2D eigenvalue weighted by molar-refractivity contribution is 7.71. The molecule has 0 unspecified atom stereocenters. The van der Waals surface area contributed by atoms with Crippen LogP contribution in [0.4, 0.5) is 5.82 Å². The van der Waals surface area contributed by atoms with Gasteiger partial charge in [0.15, 0.2) is 4.77 Å². The SMILES string of the molecule is Cc1[nH]c(=S)nc(N[C@@H]2C[C@H](CO)[C@@H](O)[C@H]2O)c1-c1nc2ccccc2s1. The first kappa shape index (κ1) is 18.5. The van der Waals surface area contributed by atoms with Gasteiger partial charge in [0.05, 0.1) is 27.9 Å². The molecular formula is C18H20N4O3S2. The van der Waals surface area contributed by atoms with Crippen LogP contribution in [0, 0.1) is 17.6 Å². The molecule has 0 amide bonds. The first-order chi connectivity index (χ1) is 13.0. The van der Waals surface area contributed by atoms with Crippen molar-refractivity contribution in [2.75, 3.05) is 11.9 Å². The van der Waals surface area contributed by atoms with E-state index in [9.17, 15) is 15.3 Å². The molecule has 0 spiro atoms. The number of hydrogen-bond acceptors (Lipinski definition) is 8. The number of aromatic nitrogens is 3. The Balaban J connectivity index is 1.76. The van der Waals surface area contributed by atoms with Crippen LogP contribution in [0.3, 0.4) is 0 Å². The van der Waals surface area contributed by atoms with Crippen molar-refractivity contribution in [3.63, 3.8) is 0 Å². The highest BCUT2D eigenvalue weighted by atomic mass is 32.1. The molecule has 9 heteroatoms. The van der Waals surface area contributed by atoms with Crippen LogP contribution in [0.25, 0.3) is 20.8 Å². The summed E-state index contributed by atoms with van der Waals surface area (Å²) in [5.41, 5.74) is 2.52. The Morgan fingerprint density at radius 2 is 2.04 bits per heavy atom. The van der Waals surface area contributed by atoms with Crippen LogP contribution >= 0.6 is 23.6 Å². The molecule has 0 aliphatic heterocycles. The molecule has 0 radical (unpaired) electrons. The molecule has 1 aromatic carbocycles. The van der Waals surface area contributed by atoms with E-state index in [1.807, 2.05) is 31.2 Å². The van der Waals surface area contributed by atoms with Gasteiger partial charge in [-0.05, 0) is 37.7 Å². The summed E-state index contributed by atoms with van der Waals surface area (Å²) >= 11 is 6.78. The Kier molecular flexibility index (Phi) is 4.95. The van der Waals surface area contributed by atoms with Crippen molar-refractivity contribution in [3.05, 3.63) is 34.7 Å². The van der Waals surface area contributed by atoms with Gasteiger partial charge in [-0.3, -0.25) is 0 Å². The maximum atomic E-state index is 10.3. The minimum Gasteiger partial charge on any atom is -0.396 e. The molecule has 1 aliphatic carbocycles. The zero-order chi connectivity index (χ0) is 19.1. The van der Waals surface area contributed by atoms with Crippen molar-refractivity contribution in [2.45, 2.75) is 31.6 Å². The Hall–Kier alpha value is -1.91. The topological polar surface area (TPSA) is 114 Å². The van der Waals surface area contributed by atoms with Gasteiger partial charge in [0, 0.05) is 18.2 Å². The number of aliphatic hydroxyl groups is 3. The van der Waals surface area contributed by atoms with Crippen LogP contribution in [0.1, 0.15) is 12.1 Å². The number of aryl methyl sites for hydroxylation is 1. The van der Waals surface area contributed by atoms with Crippen molar-refractivity contribution in [3.8, 4) is 10.6 Å². The van der Waals surface area contributed by atoms with Crippen LogP contribution in [0.5, 0.6) is 0 Å². The average Bonchev–Trinajstić information content (AvgIpc) is 3.17. The van der Waals surface area contributed by atoms with Crippen LogP contribution in [-0.4, -0.2) is 55.1 Å². The van der Waals surface area contributed by atoms with Gasteiger partial charge >= 0.3 is 0 Å². The van der Waals surface area contributed by atoms with Gasteiger partial charge in [0.25, 0.3) is 0 Å². The van der Waals surface area contributed by atoms with Gasteiger partial charge in [0.1, 0.15) is 16.9 Å². The molecule has 1 aliphatic rings. The molecule has 2 aromatic heterocycles. The van der Waals surface area contributed by atoms with E-state index in [2.05, 4.69) is 15.3 Å². The largest absolute Gasteiger partial charge is 0.396 e. The Bertz CT molecular complexity index is 1000. The van der Waals surface area contributed by atoms with Gasteiger partial charge in [-0.1, -0.05) is 12.1 Å². The highest BCUT2D eigenvalue weighted by Crippen LogP contribution is 2.37. The second kappa shape index (κ2) is 7.25. The molecule has 0 bridgehead atoms. The van der Waals surface area contributed by atoms with E-state index in [4.69, 9.17) is 17.2 Å². The van der Waals surface area contributed by atoms with Crippen molar-refractivity contribution in [2.24, 2.45) is 5.92 Å². The Morgan fingerprint density at radius 3 is 2.74 bits per heavy atom. The number of H-pyrrole nitrogens is 1. The van der Waals surface area contributed by atoms with Gasteiger partial charge < -0.3 is 25.6 Å². The second-order valence-corrected chi connectivity index (χ2v) is 8.21. The number of anilines is 1. The van der Waals surface area contributed by atoms with Crippen LogP contribution in [-0.2, 0) is 0 Å². The van der Waals surface area contributed by atoms with E-state index in [1.54, 1.807) is 11.3 Å². The van der Waals surface area contributed by atoms with E-state index in [1.165, 1.54) is 0 Å². The number of aliphatic hydroxyl groups excluding tert-OH is 3. The summed E-state index contributed by atoms with van der Waals surface area (Å²) in [5, 5.41) is 33.8. The lowest BCUT2D eigenvalue weighted by atomic mass is 10.1. The molecule has 2 heterocycles. The molecule has 4 atom stereocenters. The van der Waals surface area contributed by atoms with E-state index in [-0.39, 0.29) is 12.5 Å². The third-order valence-corrected chi connectivity index (χ3v) is 6.23. The third-order valence-electron chi connectivity index (χ3n) is 4.99. The Morgan fingerprint density at radius 1 is 1.26 bits per heavy atom. The fourth-order valence-corrected chi connectivity index (χ4v) is 4.87. The summed E-state index contributed by atoms with van der Waals surface area (Å²) in [6, 6.07) is 7.45. The first-order valence-electron chi connectivity index (χ1n) is 8.68. The molecule has 3 aromatic rings. The Labute approximate surface area is 164 Å². The maximum Gasteiger partial charge on any atom is 0.198 e. The predicted molar refractivity (Wildman–Crippen MR) is 107 cm³/mol. The minimum atomic E-state index is -0.995. The third kappa shape index (κ3) is 3.37. The predicted octanol–water partition coefficient (Wildman–Crippen LogP) is 2.24. The van der Waals surface area contributed by atoms with Crippen LogP contribution < -0.4 is 5.32 Å². The molecule has 0 saturated heterocycles. The number of aromatic amines is 1. The molecule has 1 fully saturated rings. The lowest BCUT2D eigenvalue weighted by Crippen LogP contribution is -2.35. The quantitative estimate of drug-likeness (QED) is 0.424. The molecule has 142 valence electrons. The average molecular weight is 405 g/mol. The summed E-state index contributed by atoms with van der Waals surface area (Å²) in [6.45, 7) is 1.73. The zero-order valence-electron chi connectivity index (χ0n) is 14.6. The molecule has 5 N–H and O–H groups in total. The summed E-state index contributed by atoms with van der Waals surface area (Å²) in [7, 11) is 0. The minimum absolute atomic E-state index is 0.178. The molecule has 27 heavy (non-hydrogen) atoms. The number of para-hydroxylation sites is 1. The lowest BCUT2D eigenvalue weighted by Gasteiger charge is -2.20. The van der Waals surface area contributed by atoms with Gasteiger partial charge in [-0.25, -0.2) is 9.97 Å². The molecule has 7 nitrogen and oxygen atoms in total. The summed E-state index contributed by atoms with van der Waals surface area (Å²) < 4.78 is 1.39. The standard InChI is InChI=1S/C18H20N4O3S2/c1-8-13(17-21-10-4-2-3-5-12(10)27-17)16(22-18(26)19-8)20-11-6-9(7-23)14(24)15(11)25/h2-5,9,11,14-15,23-25H,6-7H2,1H3,(H2,19,20,22,26)/t9-,11-,14-,15+/m1/s1. The summed E-state index contributed by atoms with van der Waals surface area (Å²) in [5.74, 6) is 0.146. The number of nitrogens with one attached hydrogen (secondary N) is 2. The highest BCUT2D eigenvalue weighted by Gasteiger charge is 2.41. The van der Waals surface area contributed by atoms with E-state index < -0.39 is 18.2 Å². The maximum absolute atomic E-state index is 10.3. The monoisotopic (exact) mass is 404 g/mol. The van der Waals surface area contributed by atoms with Gasteiger partial charge in [-0.15, -0.1) is 11.3 Å². The second-order valence-electron chi connectivity index (χ2n) is 6.79. The van der Waals surface area contributed by atoms with E-state index >= 15 is 0 Å². The number of rotatable bonds is 4. The van der Waals surface area contributed by atoms with Gasteiger partial charge in [-0.2, -0.15) is 0 Å². The number of benzene rings is 1. The zero-order valence-corrected chi connectivity index (χ0v) is 16.2. The normalized spacial score (nSPS) is 25.2. The van der Waals surface area contributed by atoms with E-state index in [0.717, 1.165) is 26.5 Å². The summed E-state index contributed by atoms with van der Waals surface area (Å²) in [4.78, 5) is 12.2. The van der Waals surface area contributed by atoms with Crippen LogP contribution in [0.15, 0.2) is 24.3 Å². The summed E-state index contributed by atoms with van der Waals surface area (Å²) in [6.07, 6.45) is -1.53. The van der Waals surface area contributed by atoms with Crippen molar-refractivity contribution < 1.29 is 15.3 Å². The smallest absolute Gasteiger partial charge is 0.198 e. The number of thiazole rings is 1. The van der Waals surface area contributed by atoms with E-state index in [0.29, 0.717) is 17.0 Å². The van der Waals surface area contributed by atoms with Crippen molar-refractivity contribution >= 4 is 39.6 Å². The number of nitrogens with zero attached hydrogens (tertiary/aromatic N) is 2. The lowest BCUT2D eigenvalue weighted by molar-refractivity contribution is 0.00446. The first-order valence-corrected chi connectivity index (χ1v) is 9.90. The molecular weight excluding hydrogens is 384 g/mol. The molecule has 1 saturated carbocycles. The fraction of sp³-hybridized carbons (Fsp3) is 0.389. The number of hydrogen-bond donors (Lipinski definition) is 5. The number of fused-ring (bicyclic) bond motifs is 1.